The fraction of sp³-hybridized carbons (Fsp3) is 0.255. The van der Waals surface area contributed by atoms with E-state index in [2.05, 4.69) is 28.5 Å². The maximum absolute atomic E-state index is 13.5. The molecule has 69 heavy (non-hydrogen) atoms. The van der Waals surface area contributed by atoms with E-state index >= 15 is 0 Å². The van der Waals surface area contributed by atoms with E-state index in [9.17, 15) is 25.9 Å². The number of aryl methyl sites for hydroxylation is 1. The summed E-state index contributed by atoms with van der Waals surface area (Å²) in [7, 11) is -9.00. The molecule has 8 rings (SSSR count). The molecule has 0 fully saturated rings. The largest absolute Gasteiger partial charge is 0.335 e. The molecule has 0 saturated heterocycles. The van der Waals surface area contributed by atoms with E-state index in [-0.39, 0.29) is 12.8 Å². The Morgan fingerprint density at radius 2 is 1.10 bits per heavy atom. The van der Waals surface area contributed by atoms with Crippen LogP contribution in [0.4, 0.5) is 5.69 Å². The van der Waals surface area contributed by atoms with Crippen molar-refractivity contribution in [1.29, 1.82) is 0 Å². The molecule has 358 valence electrons. The van der Waals surface area contributed by atoms with Gasteiger partial charge in [-0.2, -0.15) is 21.4 Å². The topological polar surface area (TPSA) is 116 Å². The fourth-order valence-corrected chi connectivity index (χ4v) is 14.3. The molecule has 2 atom stereocenters. The van der Waals surface area contributed by atoms with Crippen LogP contribution in [-0.4, -0.2) is 43.0 Å². The Hall–Kier alpha value is -4.76. The van der Waals surface area contributed by atoms with E-state index in [0.717, 1.165) is 58.7 Å². The van der Waals surface area contributed by atoms with Gasteiger partial charge in [0.05, 0.1) is 21.2 Å². The molecule has 0 radical (unpaired) electrons. The highest BCUT2D eigenvalue weighted by Crippen LogP contribution is 2.48. The van der Waals surface area contributed by atoms with Gasteiger partial charge in [-0.25, -0.2) is 0 Å². The normalized spacial score (nSPS) is 14.8. The quantitative estimate of drug-likeness (QED) is 0.0540. The lowest BCUT2D eigenvalue weighted by molar-refractivity contribution is -0.669. The molecule has 7 aromatic rings. The predicted octanol–water partition coefficient (Wildman–Crippen LogP) is 13.2. The lowest BCUT2D eigenvalue weighted by Gasteiger charge is -2.28. The molecule has 8 nitrogen and oxygen atoms in total. The molecule has 6 aromatic carbocycles. The summed E-state index contributed by atoms with van der Waals surface area (Å²) < 4.78 is 78.9. The van der Waals surface area contributed by atoms with Gasteiger partial charge in [0.2, 0.25) is 5.52 Å². The Bertz CT molecular complexity index is 3050. The first kappa shape index (κ1) is 50.6. The molecule has 2 N–H and O–H groups in total. The summed E-state index contributed by atoms with van der Waals surface area (Å²) >= 11 is 16.4. The Morgan fingerprint density at radius 1 is 0.638 bits per heavy atom. The Morgan fingerprint density at radius 3 is 1.58 bits per heavy atom. The van der Waals surface area contributed by atoms with Gasteiger partial charge in [0.1, 0.15) is 4.70 Å². The zero-order chi connectivity index (χ0) is 48.5. The Balaban J connectivity index is 1.13. The van der Waals surface area contributed by atoms with Gasteiger partial charge >= 0.3 is 0 Å². The first-order valence-corrected chi connectivity index (χ1v) is 28.5. The third-order valence-electron chi connectivity index (χ3n) is 12.9. The molecule has 0 aliphatic carbocycles. The van der Waals surface area contributed by atoms with Gasteiger partial charge in [-0.3, -0.25) is 9.11 Å². The van der Waals surface area contributed by atoms with E-state index in [0.29, 0.717) is 55.2 Å². The smallest absolute Gasteiger partial charge is 0.268 e. The second-order valence-electron chi connectivity index (χ2n) is 17.6. The van der Waals surface area contributed by atoms with E-state index < -0.39 is 42.6 Å². The maximum atomic E-state index is 13.5. The van der Waals surface area contributed by atoms with Crippen molar-refractivity contribution in [2.75, 3.05) is 11.4 Å². The summed E-state index contributed by atoms with van der Waals surface area (Å²) in [5, 5.41) is 0.723. The SMILES string of the molecule is CCC(=Cc1sc2ccc(Cl)cc2[n+]1CCC(C(Cc1ccccc1)Cc1ccccc1)S(=O)(=O)O)C=C1Sc2ccc(Cl)cc2N1CCC(C(Cc1ccccc1)Cc1ccccc1)S(=O)(=O)O. The number of fused-ring (bicyclic) bond motifs is 2. The average Bonchev–Trinajstić information content (AvgIpc) is 3.84. The van der Waals surface area contributed by atoms with E-state index in [1.165, 1.54) is 0 Å². The van der Waals surface area contributed by atoms with Crippen molar-refractivity contribution in [3.05, 3.63) is 212 Å². The van der Waals surface area contributed by atoms with E-state index in [1.807, 2.05) is 158 Å². The summed E-state index contributed by atoms with van der Waals surface area (Å²) in [6, 6.07) is 50.6. The number of thioether (sulfide) groups is 1. The standard InChI is InChI=1S/C55H54Cl2N2O6S4/c1-2-39(35-54-58(48-37-46(56)23-25-50(48)66-54)29-27-52(68(60,61)62)44(31-40-15-7-3-8-16-40)32-41-17-9-4-10-18-41)36-55-59(49-38-47(57)24-26-51(49)67-55)30-28-53(69(63,64)65)45(33-42-19-11-5-12-20-42)34-43-21-13-6-14-22-43/h3-26,35-38,44-45,52-53H,2,27-34H2,1H3,(H-,60,61,62,63,64,65)/p+1. The summed E-state index contributed by atoms with van der Waals surface area (Å²) in [6.07, 6.45) is 7.04. The Kier molecular flexibility index (Phi) is 16.9. The van der Waals surface area contributed by atoms with Gasteiger partial charge in [-0.15, -0.1) is 0 Å². The number of aromatic nitrogens is 1. The highest BCUT2D eigenvalue weighted by Gasteiger charge is 2.37. The monoisotopic (exact) mass is 1040 g/mol. The Labute approximate surface area is 424 Å². The number of thiazole rings is 1. The molecule has 1 aliphatic heterocycles. The third-order valence-corrected chi connectivity index (χ3v) is 18.3. The summed E-state index contributed by atoms with van der Waals surface area (Å²) in [4.78, 5) is 3.07. The van der Waals surface area contributed by atoms with Gasteiger partial charge in [0.25, 0.3) is 25.2 Å². The number of rotatable bonds is 21. The number of anilines is 1. The molecule has 14 heteroatoms. The maximum Gasteiger partial charge on any atom is 0.268 e. The molecule has 0 amide bonds. The molecule has 0 saturated carbocycles. The number of nitrogens with zero attached hydrogens (tertiary/aromatic N) is 2. The van der Waals surface area contributed by atoms with Crippen molar-refractivity contribution in [3.8, 4) is 0 Å². The van der Waals surface area contributed by atoms with Crippen molar-refractivity contribution >= 4 is 88.5 Å². The van der Waals surface area contributed by atoms with Crippen molar-refractivity contribution < 1.29 is 30.5 Å². The minimum absolute atomic E-state index is 0.153. The van der Waals surface area contributed by atoms with Crippen LogP contribution < -0.4 is 9.47 Å². The predicted molar refractivity (Wildman–Crippen MR) is 286 cm³/mol. The van der Waals surface area contributed by atoms with Crippen LogP contribution in [0.15, 0.2) is 179 Å². The second kappa shape index (κ2) is 23.0. The summed E-state index contributed by atoms with van der Waals surface area (Å²) in [5.74, 6) is -0.830. The first-order chi connectivity index (χ1) is 33.2. The van der Waals surface area contributed by atoms with Crippen LogP contribution in [0.3, 0.4) is 0 Å². The number of hydrogen-bond acceptors (Lipinski definition) is 7. The number of hydrogen-bond donors (Lipinski definition) is 2. The molecular formula is C55H55Cl2N2O6S4+. The molecule has 2 heterocycles. The number of allylic oxidation sites excluding steroid dienone is 2. The van der Waals surface area contributed by atoms with Crippen LogP contribution in [0.25, 0.3) is 16.3 Å². The highest BCUT2D eigenvalue weighted by molar-refractivity contribution is 8.03. The molecule has 0 spiro atoms. The van der Waals surface area contributed by atoms with Crippen LogP contribution in [0.2, 0.25) is 10.0 Å². The van der Waals surface area contributed by atoms with Crippen LogP contribution in [0, 0.1) is 11.8 Å². The second-order valence-corrected chi connectivity index (χ2v) is 23.9. The van der Waals surface area contributed by atoms with Crippen molar-refractivity contribution in [1.82, 2.24) is 0 Å². The molecular weight excluding hydrogens is 984 g/mol. The fourth-order valence-electron chi connectivity index (χ4n) is 9.49. The van der Waals surface area contributed by atoms with Crippen LogP contribution >= 0.6 is 46.3 Å². The van der Waals surface area contributed by atoms with E-state index in [1.54, 1.807) is 23.1 Å². The van der Waals surface area contributed by atoms with Crippen LogP contribution in [0.5, 0.6) is 0 Å². The number of halogens is 2. The van der Waals surface area contributed by atoms with Crippen molar-refractivity contribution in [2.24, 2.45) is 11.8 Å². The molecule has 1 aliphatic rings. The lowest BCUT2D eigenvalue weighted by atomic mass is 9.88. The lowest BCUT2D eigenvalue weighted by Crippen LogP contribution is -2.41. The highest BCUT2D eigenvalue weighted by atomic mass is 35.5. The molecule has 0 bridgehead atoms. The zero-order valence-corrected chi connectivity index (χ0v) is 42.9. The first-order valence-electron chi connectivity index (χ1n) is 23.1. The van der Waals surface area contributed by atoms with Crippen molar-refractivity contribution in [3.63, 3.8) is 0 Å². The van der Waals surface area contributed by atoms with Crippen molar-refractivity contribution in [2.45, 2.75) is 73.8 Å². The van der Waals surface area contributed by atoms with Gasteiger partial charge in [-0.05, 0) is 115 Å². The van der Waals surface area contributed by atoms with Crippen LogP contribution in [-0.2, 0) is 52.5 Å². The summed E-state index contributed by atoms with van der Waals surface area (Å²) in [6.45, 7) is 2.65. The van der Waals surface area contributed by atoms with Gasteiger partial charge in [0, 0.05) is 40.0 Å². The number of benzene rings is 6. The minimum Gasteiger partial charge on any atom is -0.335 e. The van der Waals surface area contributed by atoms with Crippen LogP contribution in [0.1, 0.15) is 53.4 Å². The van der Waals surface area contributed by atoms with Gasteiger partial charge in [0.15, 0.2) is 6.54 Å². The average molecular weight is 1040 g/mol. The van der Waals surface area contributed by atoms with Gasteiger partial charge in [-0.1, -0.05) is 175 Å². The van der Waals surface area contributed by atoms with Gasteiger partial charge < -0.3 is 4.90 Å². The van der Waals surface area contributed by atoms with E-state index in [4.69, 9.17) is 23.2 Å². The third kappa shape index (κ3) is 13.4. The zero-order valence-electron chi connectivity index (χ0n) is 38.1. The molecule has 2 unspecified atom stereocenters. The minimum atomic E-state index is -4.50. The molecule has 1 aromatic heterocycles. The summed E-state index contributed by atoms with van der Waals surface area (Å²) in [5.41, 5.74) is 6.66.